The lowest BCUT2D eigenvalue weighted by molar-refractivity contribution is -0.145. The summed E-state index contributed by atoms with van der Waals surface area (Å²) in [6.45, 7) is 3.89. The maximum Gasteiger partial charge on any atom is 0.323 e. The van der Waals surface area contributed by atoms with E-state index in [4.69, 9.17) is 9.63 Å². The number of nitrogens with one attached hydrogen (secondary N) is 1. The number of carboxylic acid groups (broad SMARTS) is 1. The van der Waals surface area contributed by atoms with Crippen molar-refractivity contribution < 1.29 is 27.6 Å². The molecule has 9 nitrogen and oxygen atoms in total. The van der Waals surface area contributed by atoms with Gasteiger partial charge in [0.1, 0.15) is 17.1 Å². The second-order valence-corrected chi connectivity index (χ2v) is 7.24. The van der Waals surface area contributed by atoms with E-state index in [1.54, 1.807) is 0 Å². The SMILES string of the molecule is Cc1noc(C)c1S(=O)(=O)NC(C)C(=O)N(CC(=O)O)C1CC1. The van der Waals surface area contributed by atoms with Gasteiger partial charge in [0.25, 0.3) is 0 Å². The third-order valence-electron chi connectivity index (χ3n) is 3.52. The average Bonchev–Trinajstić information content (AvgIpc) is 3.20. The van der Waals surface area contributed by atoms with Crippen molar-refractivity contribution in [1.29, 1.82) is 0 Å². The Morgan fingerprint density at radius 3 is 2.48 bits per heavy atom. The van der Waals surface area contributed by atoms with Crippen molar-refractivity contribution in [2.75, 3.05) is 6.54 Å². The van der Waals surface area contributed by atoms with E-state index in [9.17, 15) is 18.0 Å². The van der Waals surface area contributed by atoms with Crippen LogP contribution in [0.4, 0.5) is 0 Å². The van der Waals surface area contributed by atoms with Gasteiger partial charge in [0.05, 0.1) is 6.04 Å². The third-order valence-corrected chi connectivity index (χ3v) is 5.30. The van der Waals surface area contributed by atoms with E-state index < -0.39 is 34.5 Å². The van der Waals surface area contributed by atoms with E-state index in [1.165, 1.54) is 25.7 Å². The molecule has 1 aliphatic rings. The van der Waals surface area contributed by atoms with E-state index in [-0.39, 0.29) is 22.4 Å². The first-order chi connectivity index (χ1) is 10.6. The Morgan fingerprint density at radius 2 is 2.04 bits per heavy atom. The predicted octanol–water partition coefficient (Wildman–Crippen LogP) is 0.0338. The lowest BCUT2D eigenvalue weighted by Crippen LogP contribution is -2.49. The number of aromatic nitrogens is 1. The Labute approximate surface area is 133 Å². The van der Waals surface area contributed by atoms with E-state index in [1.807, 2.05) is 0 Å². The van der Waals surface area contributed by atoms with Crippen LogP contribution in [0.3, 0.4) is 0 Å². The fourth-order valence-electron chi connectivity index (χ4n) is 2.37. The fourth-order valence-corrected chi connectivity index (χ4v) is 3.89. The Kier molecular flexibility index (Phi) is 4.76. The van der Waals surface area contributed by atoms with E-state index in [0.717, 1.165) is 12.8 Å². The molecule has 0 saturated heterocycles. The van der Waals surface area contributed by atoms with Crippen molar-refractivity contribution >= 4 is 21.9 Å². The highest BCUT2D eigenvalue weighted by Crippen LogP contribution is 2.27. The number of amides is 1. The van der Waals surface area contributed by atoms with Crippen molar-refractivity contribution in [2.45, 2.75) is 50.6 Å². The molecule has 1 amide bonds. The molecule has 2 rings (SSSR count). The van der Waals surface area contributed by atoms with Crippen LogP contribution >= 0.6 is 0 Å². The highest BCUT2D eigenvalue weighted by atomic mass is 32.2. The highest BCUT2D eigenvalue weighted by molar-refractivity contribution is 7.89. The number of sulfonamides is 1. The topological polar surface area (TPSA) is 130 Å². The molecule has 1 heterocycles. The summed E-state index contributed by atoms with van der Waals surface area (Å²) in [6, 6.07) is -1.22. The minimum absolute atomic E-state index is 0.103. The number of carbonyl (C=O) groups excluding carboxylic acids is 1. The van der Waals surface area contributed by atoms with Crippen molar-refractivity contribution in [2.24, 2.45) is 0 Å². The molecule has 1 aromatic heterocycles. The van der Waals surface area contributed by atoms with Crippen molar-refractivity contribution in [3.8, 4) is 0 Å². The Hall–Kier alpha value is -1.94. The zero-order valence-electron chi connectivity index (χ0n) is 13.1. The maximum absolute atomic E-state index is 12.4. The van der Waals surface area contributed by atoms with Crippen LogP contribution in [0, 0.1) is 13.8 Å². The Bertz CT molecular complexity index is 703. The van der Waals surface area contributed by atoms with Gasteiger partial charge < -0.3 is 14.5 Å². The smallest absolute Gasteiger partial charge is 0.323 e. The van der Waals surface area contributed by atoms with Crippen molar-refractivity contribution in [1.82, 2.24) is 14.8 Å². The van der Waals surface area contributed by atoms with Gasteiger partial charge >= 0.3 is 5.97 Å². The molecule has 1 unspecified atom stereocenters. The standard InChI is InChI=1S/C13H19N3O6S/c1-7-12(9(3)22-14-7)23(20,21)15-8(2)13(19)16(6-11(17)18)10-4-5-10/h8,10,15H,4-6H2,1-3H3,(H,17,18). The molecule has 1 aromatic rings. The summed E-state index contributed by atoms with van der Waals surface area (Å²) in [5.74, 6) is -1.57. The van der Waals surface area contributed by atoms with Crippen molar-refractivity contribution in [3.63, 3.8) is 0 Å². The van der Waals surface area contributed by atoms with Crippen LogP contribution in [-0.4, -0.2) is 54.1 Å². The van der Waals surface area contributed by atoms with Gasteiger partial charge in [-0.1, -0.05) is 5.16 Å². The lowest BCUT2D eigenvalue weighted by Gasteiger charge is -2.24. The number of hydrogen-bond donors (Lipinski definition) is 2. The number of hydrogen-bond acceptors (Lipinski definition) is 6. The molecule has 2 N–H and O–H groups in total. The summed E-state index contributed by atoms with van der Waals surface area (Å²) in [5.41, 5.74) is 0.194. The fraction of sp³-hybridized carbons (Fsp3) is 0.615. The molecular formula is C13H19N3O6S. The van der Waals surface area contributed by atoms with Crippen LogP contribution in [0.1, 0.15) is 31.2 Å². The first-order valence-electron chi connectivity index (χ1n) is 7.11. The van der Waals surface area contributed by atoms with Gasteiger partial charge in [0.15, 0.2) is 5.76 Å². The molecule has 0 aromatic carbocycles. The van der Waals surface area contributed by atoms with E-state index in [0.29, 0.717) is 0 Å². The number of carboxylic acids is 1. The zero-order chi connectivity index (χ0) is 17.4. The predicted molar refractivity (Wildman–Crippen MR) is 78.1 cm³/mol. The molecular weight excluding hydrogens is 326 g/mol. The van der Waals surface area contributed by atoms with E-state index in [2.05, 4.69) is 9.88 Å². The summed E-state index contributed by atoms with van der Waals surface area (Å²) in [6.07, 6.45) is 1.45. The average molecular weight is 345 g/mol. The second kappa shape index (κ2) is 6.28. The lowest BCUT2D eigenvalue weighted by atomic mass is 10.3. The van der Waals surface area contributed by atoms with Gasteiger partial charge in [0, 0.05) is 6.04 Å². The number of aryl methyl sites for hydroxylation is 2. The molecule has 0 spiro atoms. The summed E-state index contributed by atoms with van der Waals surface area (Å²) in [5, 5.41) is 12.5. The van der Waals surface area contributed by atoms with Crippen LogP contribution in [-0.2, 0) is 19.6 Å². The highest BCUT2D eigenvalue weighted by Gasteiger charge is 2.37. The molecule has 128 valence electrons. The molecule has 0 bridgehead atoms. The van der Waals surface area contributed by atoms with E-state index >= 15 is 0 Å². The van der Waals surface area contributed by atoms with Gasteiger partial charge in [0.2, 0.25) is 15.9 Å². The first kappa shape index (κ1) is 17.4. The van der Waals surface area contributed by atoms with Crippen LogP contribution in [0.25, 0.3) is 0 Å². The van der Waals surface area contributed by atoms with Gasteiger partial charge in [-0.15, -0.1) is 0 Å². The summed E-state index contributed by atoms with van der Waals surface area (Å²) < 4.78 is 31.9. The van der Waals surface area contributed by atoms with Crippen LogP contribution < -0.4 is 4.72 Å². The molecule has 1 atom stereocenters. The normalized spacial score (nSPS) is 16.1. The first-order valence-corrected chi connectivity index (χ1v) is 8.59. The summed E-state index contributed by atoms with van der Waals surface area (Å²) in [4.78, 5) is 24.3. The molecule has 1 aliphatic carbocycles. The number of nitrogens with zero attached hydrogens (tertiary/aromatic N) is 2. The molecule has 0 radical (unpaired) electrons. The quantitative estimate of drug-likeness (QED) is 0.713. The zero-order valence-corrected chi connectivity index (χ0v) is 13.9. The van der Waals surface area contributed by atoms with Gasteiger partial charge in [-0.2, -0.15) is 4.72 Å². The van der Waals surface area contributed by atoms with Gasteiger partial charge in [-0.05, 0) is 33.6 Å². The molecule has 10 heteroatoms. The van der Waals surface area contributed by atoms with Crippen molar-refractivity contribution in [3.05, 3.63) is 11.5 Å². The van der Waals surface area contributed by atoms with Crippen LogP contribution in [0.5, 0.6) is 0 Å². The number of rotatable bonds is 7. The Morgan fingerprint density at radius 1 is 1.43 bits per heavy atom. The maximum atomic E-state index is 12.4. The molecule has 1 saturated carbocycles. The number of carbonyl (C=O) groups is 2. The van der Waals surface area contributed by atoms with Gasteiger partial charge in [-0.25, -0.2) is 8.42 Å². The van der Waals surface area contributed by atoms with Gasteiger partial charge in [-0.3, -0.25) is 9.59 Å². The minimum atomic E-state index is -3.99. The number of aliphatic carboxylic acids is 1. The summed E-state index contributed by atoms with van der Waals surface area (Å²) in [7, 11) is -3.99. The second-order valence-electron chi connectivity index (χ2n) is 5.59. The molecule has 0 aliphatic heterocycles. The Balaban J connectivity index is 2.15. The largest absolute Gasteiger partial charge is 0.480 e. The summed E-state index contributed by atoms with van der Waals surface area (Å²) >= 11 is 0. The monoisotopic (exact) mass is 345 g/mol. The molecule has 23 heavy (non-hydrogen) atoms. The van der Waals surface area contributed by atoms with Crippen LogP contribution in [0.15, 0.2) is 9.42 Å². The third kappa shape index (κ3) is 3.88. The molecule has 1 fully saturated rings. The van der Waals surface area contributed by atoms with Crippen LogP contribution in [0.2, 0.25) is 0 Å². The minimum Gasteiger partial charge on any atom is -0.480 e.